The highest BCUT2D eigenvalue weighted by Gasteiger charge is 2.08. The van der Waals surface area contributed by atoms with Gasteiger partial charge in [-0.25, -0.2) is 0 Å². The molecule has 3 heteroatoms. The van der Waals surface area contributed by atoms with Gasteiger partial charge in [-0.05, 0) is 42.8 Å². The van der Waals surface area contributed by atoms with Crippen LogP contribution in [0.4, 0.5) is 0 Å². The second-order valence-electron chi connectivity index (χ2n) is 4.87. The normalized spacial score (nSPS) is 12.2. The Morgan fingerprint density at radius 1 is 1.15 bits per heavy atom. The Kier molecular flexibility index (Phi) is 5.16. The lowest BCUT2D eigenvalue weighted by Gasteiger charge is -2.14. The molecule has 0 aliphatic carbocycles. The van der Waals surface area contributed by atoms with E-state index in [9.17, 15) is 5.11 Å². The summed E-state index contributed by atoms with van der Waals surface area (Å²) in [6.07, 6.45) is -0.484. The first kappa shape index (κ1) is 14.6. The van der Waals surface area contributed by atoms with Crippen molar-refractivity contribution in [1.29, 1.82) is 0 Å². The first-order chi connectivity index (χ1) is 9.70. The molecule has 0 heterocycles. The summed E-state index contributed by atoms with van der Waals surface area (Å²) < 4.78 is 5.82. The van der Waals surface area contributed by atoms with Gasteiger partial charge in [-0.15, -0.1) is 0 Å². The van der Waals surface area contributed by atoms with Crippen molar-refractivity contribution in [3.8, 4) is 5.75 Å². The van der Waals surface area contributed by atoms with Crippen molar-refractivity contribution < 1.29 is 9.84 Å². The molecule has 2 aromatic rings. The standard InChI is InChI=1S/C17H21NO2/c1-13-10-15(16(19)11-18-2)8-9-17(13)20-12-14-6-4-3-5-7-14/h3-10,16,18-19H,11-12H2,1-2H3. The molecular weight excluding hydrogens is 250 g/mol. The first-order valence-electron chi connectivity index (χ1n) is 6.80. The molecule has 0 saturated carbocycles. The quantitative estimate of drug-likeness (QED) is 0.849. The van der Waals surface area contributed by atoms with Crippen LogP contribution in [0.2, 0.25) is 0 Å². The lowest BCUT2D eigenvalue weighted by molar-refractivity contribution is 0.177. The van der Waals surface area contributed by atoms with Crippen LogP contribution in [-0.2, 0) is 6.61 Å². The highest BCUT2D eigenvalue weighted by atomic mass is 16.5. The number of ether oxygens (including phenoxy) is 1. The second kappa shape index (κ2) is 7.08. The molecule has 2 rings (SSSR count). The fraction of sp³-hybridized carbons (Fsp3) is 0.294. The average Bonchev–Trinajstić information content (AvgIpc) is 2.47. The second-order valence-corrected chi connectivity index (χ2v) is 4.87. The predicted molar refractivity (Wildman–Crippen MR) is 80.8 cm³/mol. The topological polar surface area (TPSA) is 41.5 Å². The van der Waals surface area contributed by atoms with Gasteiger partial charge >= 0.3 is 0 Å². The summed E-state index contributed by atoms with van der Waals surface area (Å²) in [5.74, 6) is 0.856. The molecule has 1 atom stereocenters. The zero-order valence-electron chi connectivity index (χ0n) is 12.0. The zero-order chi connectivity index (χ0) is 14.4. The van der Waals surface area contributed by atoms with Crippen LogP contribution in [0, 0.1) is 6.92 Å². The van der Waals surface area contributed by atoms with Crippen LogP contribution in [0.5, 0.6) is 5.75 Å². The number of nitrogens with one attached hydrogen (secondary N) is 1. The summed E-state index contributed by atoms with van der Waals surface area (Å²) in [6, 6.07) is 15.9. The number of hydrogen-bond acceptors (Lipinski definition) is 3. The summed E-state index contributed by atoms with van der Waals surface area (Å²) in [5, 5.41) is 12.9. The summed E-state index contributed by atoms with van der Waals surface area (Å²) >= 11 is 0. The Morgan fingerprint density at radius 2 is 1.90 bits per heavy atom. The maximum absolute atomic E-state index is 9.94. The van der Waals surface area contributed by atoms with Gasteiger partial charge in [0, 0.05) is 6.54 Å². The molecule has 0 radical (unpaired) electrons. The average molecular weight is 271 g/mol. The van der Waals surface area contributed by atoms with Gasteiger partial charge in [-0.2, -0.15) is 0 Å². The molecule has 0 aliphatic heterocycles. The molecule has 0 spiro atoms. The number of rotatable bonds is 6. The molecule has 0 aromatic heterocycles. The number of likely N-dealkylation sites (N-methyl/N-ethyl adjacent to an activating group) is 1. The maximum atomic E-state index is 9.94. The monoisotopic (exact) mass is 271 g/mol. The molecule has 0 amide bonds. The van der Waals surface area contributed by atoms with Crippen LogP contribution in [0.1, 0.15) is 22.8 Å². The molecule has 106 valence electrons. The van der Waals surface area contributed by atoms with Gasteiger partial charge in [-0.3, -0.25) is 0 Å². The van der Waals surface area contributed by atoms with Gasteiger partial charge in [0.05, 0.1) is 6.10 Å². The first-order valence-corrected chi connectivity index (χ1v) is 6.80. The fourth-order valence-corrected chi connectivity index (χ4v) is 2.09. The van der Waals surface area contributed by atoms with Crippen molar-refractivity contribution in [3.63, 3.8) is 0 Å². The fourth-order valence-electron chi connectivity index (χ4n) is 2.09. The number of aryl methyl sites for hydroxylation is 1. The van der Waals surface area contributed by atoms with Gasteiger partial charge in [0.2, 0.25) is 0 Å². The highest BCUT2D eigenvalue weighted by Crippen LogP contribution is 2.23. The van der Waals surface area contributed by atoms with Gasteiger partial charge < -0.3 is 15.2 Å². The van der Waals surface area contributed by atoms with Crippen molar-refractivity contribution in [2.45, 2.75) is 19.6 Å². The van der Waals surface area contributed by atoms with E-state index in [1.54, 1.807) is 0 Å². The molecule has 3 nitrogen and oxygen atoms in total. The van der Waals surface area contributed by atoms with Gasteiger partial charge in [0.1, 0.15) is 12.4 Å². The van der Waals surface area contributed by atoms with Crippen LogP contribution in [0.15, 0.2) is 48.5 Å². The van der Waals surface area contributed by atoms with E-state index in [2.05, 4.69) is 5.32 Å². The number of aliphatic hydroxyl groups excluding tert-OH is 1. The van der Waals surface area contributed by atoms with Crippen LogP contribution < -0.4 is 10.1 Å². The molecule has 2 aromatic carbocycles. The van der Waals surface area contributed by atoms with E-state index in [0.717, 1.165) is 22.4 Å². The third-order valence-corrected chi connectivity index (χ3v) is 3.22. The minimum atomic E-state index is -0.484. The Hall–Kier alpha value is -1.84. The molecule has 1 unspecified atom stereocenters. The third-order valence-electron chi connectivity index (χ3n) is 3.22. The van der Waals surface area contributed by atoms with E-state index in [4.69, 9.17) is 4.74 Å². The molecular formula is C17H21NO2. The minimum absolute atomic E-state index is 0.484. The van der Waals surface area contributed by atoms with Crippen molar-refractivity contribution in [2.24, 2.45) is 0 Å². The molecule has 2 N–H and O–H groups in total. The van der Waals surface area contributed by atoms with E-state index < -0.39 is 6.10 Å². The summed E-state index contributed by atoms with van der Waals surface area (Å²) in [5.41, 5.74) is 3.09. The van der Waals surface area contributed by atoms with E-state index >= 15 is 0 Å². The summed E-state index contributed by atoms with van der Waals surface area (Å²) in [4.78, 5) is 0. The number of hydrogen-bond donors (Lipinski definition) is 2. The Bertz CT molecular complexity index is 540. The van der Waals surface area contributed by atoms with E-state index in [-0.39, 0.29) is 0 Å². The smallest absolute Gasteiger partial charge is 0.122 e. The van der Waals surface area contributed by atoms with Gasteiger partial charge in [0.25, 0.3) is 0 Å². The van der Waals surface area contributed by atoms with E-state index in [1.807, 2.05) is 62.5 Å². The van der Waals surface area contributed by atoms with Crippen molar-refractivity contribution in [3.05, 3.63) is 65.2 Å². The van der Waals surface area contributed by atoms with E-state index in [1.165, 1.54) is 0 Å². The predicted octanol–water partition coefficient (Wildman–Crippen LogP) is 2.83. The molecule has 0 aliphatic rings. The van der Waals surface area contributed by atoms with Crippen molar-refractivity contribution in [2.75, 3.05) is 13.6 Å². The highest BCUT2D eigenvalue weighted by molar-refractivity contribution is 5.37. The van der Waals surface area contributed by atoms with Crippen molar-refractivity contribution >= 4 is 0 Å². The van der Waals surface area contributed by atoms with Crippen LogP contribution in [0.3, 0.4) is 0 Å². The zero-order valence-corrected chi connectivity index (χ0v) is 12.0. The Morgan fingerprint density at radius 3 is 2.55 bits per heavy atom. The molecule has 20 heavy (non-hydrogen) atoms. The molecule has 0 fully saturated rings. The van der Waals surface area contributed by atoms with E-state index in [0.29, 0.717) is 13.2 Å². The molecule has 0 saturated heterocycles. The van der Waals surface area contributed by atoms with Crippen LogP contribution in [-0.4, -0.2) is 18.7 Å². The van der Waals surface area contributed by atoms with Crippen molar-refractivity contribution in [1.82, 2.24) is 5.32 Å². The maximum Gasteiger partial charge on any atom is 0.122 e. The van der Waals surface area contributed by atoms with Gasteiger partial charge in [-0.1, -0.05) is 36.4 Å². The molecule has 0 bridgehead atoms. The Balaban J connectivity index is 2.02. The SMILES string of the molecule is CNCC(O)c1ccc(OCc2ccccc2)c(C)c1. The number of aliphatic hydroxyl groups is 1. The van der Waals surface area contributed by atoms with Crippen LogP contribution >= 0.6 is 0 Å². The Labute approximate surface area is 120 Å². The summed E-state index contributed by atoms with van der Waals surface area (Å²) in [7, 11) is 1.83. The minimum Gasteiger partial charge on any atom is -0.489 e. The lowest BCUT2D eigenvalue weighted by atomic mass is 10.1. The summed E-state index contributed by atoms with van der Waals surface area (Å²) in [6.45, 7) is 3.10. The number of benzene rings is 2. The lowest BCUT2D eigenvalue weighted by Crippen LogP contribution is -2.16. The largest absolute Gasteiger partial charge is 0.489 e. The third kappa shape index (κ3) is 3.83. The van der Waals surface area contributed by atoms with Gasteiger partial charge in [0.15, 0.2) is 0 Å². The van der Waals surface area contributed by atoms with Crippen LogP contribution in [0.25, 0.3) is 0 Å².